The van der Waals surface area contributed by atoms with Crippen LogP contribution >= 0.6 is 0 Å². The summed E-state index contributed by atoms with van der Waals surface area (Å²) < 4.78 is 0. The van der Waals surface area contributed by atoms with Gasteiger partial charge in [0.25, 0.3) is 0 Å². The van der Waals surface area contributed by atoms with Crippen molar-refractivity contribution in [1.29, 1.82) is 0 Å². The van der Waals surface area contributed by atoms with E-state index in [0.29, 0.717) is 0 Å². The van der Waals surface area contributed by atoms with Gasteiger partial charge in [-0.1, -0.05) is 20.8 Å². The van der Waals surface area contributed by atoms with Gasteiger partial charge in [0.05, 0.1) is 6.04 Å². The molecule has 1 unspecified atom stereocenters. The summed E-state index contributed by atoms with van der Waals surface area (Å²) in [4.78, 5) is 12.2. The molecule has 0 spiro atoms. The number of piperidine rings is 1. The first-order valence-corrected chi connectivity index (χ1v) is 7.18. The maximum absolute atomic E-state index is 12.2. The summed E-state index contributed by atoms with van der Waals surface area (Å²) in [5, 5.41) is 6.74. The number of nitrogens with one attached hydrogen (secondary N) is 2. The monoisotopic (exact) mass is 269 g/mol. The third-order valence-electron chi connectivity index (χ3n) is 3.75. The van der Waals surface area contributed by atoms with Crippen molar-refractivity contribution >= 4 is 5.91 Å². The van der Waals surface area contributed by atoms with E-state index in [1.165, 1.54) is 0 Å². The highest BCUT2D eigenvalue weighted by atomic mass is 16.2. The highest BCUT2D eigenvalue weighted by Gasteiger charge is 2.39. The lowest BCUT2D eigenvalue weighted by Crippen LogP contribution is -2.63. The Bertz CT molecular complexity index is 326. The van der Waals surface area contributed by atoms with Crippen LogP contribution in [-0.4, -0.2) is 29.1 Å². The van der Waals surface area contributed by atoms with Gasteiger partial charge in [0.15, 0.2) is 0 Å². The van der Waals surface area contributed by atoms with Crippen molar-refractivity contribution < 1.29 is 4.79 Å². The third-order valence-corrected chi connectivity index (χ3v) is 3.75. The number of carbonyl (C=O) groups excluding carboxylic acids is 1. The van der Waals surface area contributed by atoms with E-state index in [4.69, 9.17) is 5.73 Å². The fourth-order valence-corrected chi connectivity index (χ4v) is 3.11. The second-order valence-electron chi connectivity index (χ2n) is 8.35. The molecular formula is C15H31N3O. The van der Waals surface area contributed by atoms with Gasteiger partial charge in [0.1, 0.15) is 0 Å². The molecule has 4 heteroatoms. The van der Waals surface area contributed by atoms with Crippen molar-refractivity contribution in [2.75, 3.05) is 0 Å². The van der Waals surface area contributed by atoms with Gasteiger partial charge in [-0.15, -0.1) is 0 Å². The molecule has 0 saturated carbocycles. The molecule has 0 radical (unpaired) electrons. The Morgan fingerprint density at radius 3 is 2.00 bits per heavy atom. The second kappa shape index (κ2) is 5.06. The fraction of sp³-hybridized carbons (Fsp3) is 0.933. The molecule has 1 aliphatic heterocycles. The Kier molecular flexibility index (Phi) is 4.38. The number of nitrogens with two attached hydrogens (primary N) is 1. The molecule has 0 aliphatic carbocycles. The lowest BCUT2D eigenvalue weighted by molar-refractivity contribution is -0.125. The topological polar surface area (TPSA) is 67.2 Å². The largest absolute Gasteiger partial charge is 0.352 e. The van der Waals surface area contributed by atoms with Crippen LogP contribution in [0.2, 0.25) is 0 Å². The predicted octanol–water partition coefficient (Wildman–Crippen LogP) is 1.79. The molecule has 4 nitrogen and oxygen atoms in total. The smallest absolute Gasteiger partial charge is 0.237 e. The first kappa shape index (κ1) is 16.4. The summed E-state index contributed by atoms with van der Waals surface area (Å²) in [6.07, 6.45) is 1.86. The zero-order valence-corrected chi connectivity index (χ0v) is 13.6. The first-order valence-electron chi connectivity index (χ1n) is 7.18. The average Bonchev–Trinajstić information content (AvgIpc) is 2.09. The fourth-order valence-electron chi connectivity index (χ4n) is 3.11. The summed E-state index contributed by atoms with van der Waals surface area (Å²) in [6, 6.07) is -0.277. The molecule has 1 atom stereocenters. The van der Waals surface area contributed by atoms with E-state index < -0.39 is 6.04 Å². The summed E-state index contributed by atoms with van der Waals surface area (Å²) in [5.41, 5.74) is 5.88. The van der Waals surface area contributed by atoms with E-state index in [0.717, 1.165) is 12.8 Å². The highest BCUT2D eigenvalue weighted by molar-refractivity contribution is 5.82. The number of carbonyl (C=O) groups is 1. The zero-order chi connectivity index (χ0) is 15.1. The van der Waals surface area contributed by atoms with Gasteiger partial charge in [-0.2, -0.15) is 0 Å². The Morgan fingerprint density at radius 2 is 1.63 bits per heavy atom. The molecule has 1 heterocycles. The van der Waals surface area contributed by atoms with Crippen LogP contribution in [0.25, 0.3) is 0 Å². The Hall–Kier alpha value is -0.610. The van der Waals surface area contributed by atoms with Crippen molar-refractivity contribution in [2.24, 2.45) is 11.1 Å². The number of rotatable bonds is 2. The van der Waals surface area contributed by atoms with Crippen molar-refractivity contribution in [3.05, 3.63) is 0 Å². The van der Waals surface area contributed by atoms with E-state index in [1.54, 1.807) is 0 Å². The minimum atomic E-state index is -0.464. The van der Waals surface area contributed by atoms with Crippen LogP contribution in [0.1, 0.15) is 61.3 Å². The second-order valence-corrected chi connectivity index (χ2v) is 8.35. The maximum atomic E-state index is 12.2. The first-order chi connectivity index (χ1) is 8.32. The van der Waals surface area contributed by atoms with Gasteiger partial charge in [0.2, 0.25) is 5.91 Å². The molecule has 0 aromatic carbocycles. The van der Waals surface area contributed by atoms with Crippen molar-refractivity contribution in [1.82, 2.24) is 10.6 Å². The van der Waals surface area contributed by atoms with E-state index in [1.807, 2.05) is 20.8 Å². The summed E-state index contributed by atoms with van der Waals surface area (Å²) in [6.45, 7) is 14.7. The van der Waals surface area contributed by atoms with E-state index in [-0.39, 0.29) is 28.4 Å². The molecule has 0 bridgehead atoms. The SMILES string of the molecule is CC1(C)CC(NC(=O)C(N)C(C)(C)C)CC(C)(C)N1. The molecule has 19 heavy (non-hydrogen) atoms. The quantitative estimate of drug-likeness (QED) is 0.716. The molecule has 4 N–H and O–H groups in total. The van der Waals surface area contributed by atoms with E-state index >= 15 is 0 Å². The molecule has 0 aromatic heterocycles. The highest BCUT2D eigenvalue weighted by Crippen LogP contribution is 2.28. The van der Waals surface area contributed by atoms with Crippen molar-refractivity contribution in [3.8, 4) is 0 Å². The molecule has 1 rings (SSSR count). The number of hydrogen-bond acceptors (Lipinski definition) is 3. The van der Waals surface area contributed by atoms with Crippen LogP contribution in [0, 0.1) is 5.41 Å². The van der Waals surface area contributed by atoms with Crippen LogP contribution in [0.3, 0.4) is 0 Å². The van der Waals surface area contributed by atoms with Gasteiger partial charge < -0.3 is 16.4 Å². The zero-order valence-electron chi connectivity index (χ0n) is 13.6. The predicted molar refractivity (Wildman–Crippen MR) is 79.9 cm³/mol. The van der Waals surface area contributed by atoms with E-state index in [2.05, 4.69) is 38.3 Å². The molecule has 1 saturated heterocycles. The summed E-state index contributed by atoms with van der Waals surface area (Å²) in [5.74, 6) is -0.0361. The van der Waals surface area contributed by atoms with Gasteiger partial charge in [-0.25, -0.2) is 0 Å². The van der Waals surface area contributed by atoms with Crippen LogP contribution in [0.4, 0.5) is 0 Å². The number of hydrogen-bond donors (Lipinski definition) is 3. The van der Waals surface area contributed by atoms with Crippen LogP contribution in [-0.2, 0) is 4.79 Å². The molecule has 1 fully saturated rings. The summed E-state index contributed by atoms with van der Waals surface area (Å²) >= 11 is 0. The van der Waals surface area contributed by atoms with Gasteiger partial charge in [-0.05, 0) is 46.0 Å². The molecule has 112 valence electrons. The molecular weight excluding hydrogens is 238 g/mol. The molecule has 1 aliphatic rings. The Morgan fingerprint density at radius 1 is 1.21 bits per heavy atom. The standard InChI is InChI=1S/C15H31N3O/c1-13(2,3)11(16)12(19)17-10-8-14(4,5)18-15(6,7)9-10/h10-11,18H,8-9,16H2,1-7H3,(H,17,19). The normalized spacial score (nSPS) is 24.8. The lowest BCUT2D eigenvalue weighted by atomic mass is 9.79. The minimum absolute atomic E-state index is 0.0333. The van der Waals surface area contributed by atoms with Crippen LogP contribution in [0.15, 0.2) is 0 Å². The third kappa shape index (κ3) is 4.77. The van der Waals surface area contributed by atoms with Gasteiger partial charge in [-0.3, -0.25) is 4.79 Å². The Labute approximate surface area is 117 Å². The molecule has 1 amide bonds. The summed E-state index contributed by atoms with van der Waals surface area (Å²) in [7, 11) is 0. The average molecular weight is 269 g/mol. The lowest BCUT2D eigenvalue weighted by Gasteiger charge is -2.47. The van der Waals surface area contributed by atoms with Crippen LogP contribution < -0.4 is 16.4 Å². The van der Waals surface area contributed by atoms with Gasteiger partial charge >= 0.3 is 0 Å². The van der Waals surface area contributed by atoms with Crippen molar-refractivity contribution in [2.45, 2.75) is 84.5 Å². The van der Waals surface area contributed by atoms with Crippen molar-refractivity contribution in [3.63, 3.8) is 0 Å². The Balaban J connectivity index is 2.69. The maximum Gasteiger partial charge on any atom is 0.237 e. The molecule has 0 aromatic rings. The number of amides is 1. The van der Waals surface area contributed by atoms with E-state index in [9.17, 15) is 4.79 Å². The minimum Gasteiger partial charge on any atom is -0.352 e. The van der Waals surface area contributed by atoms with Crippen LogP contribution in [0.5, 0.6) is 0 Å². The van der Waals surface area contributed by atoms with Gasteiger partial charge in [0, 0.05) is 17.1 Å².